The summed E-state index contributed by atoms with van der Waals surface area (Å²) in [5, 5.41) is 5.42. The van der Waals surface area contributed by atoms with Crippen LogP contribution in [0.4, 0.5) is 10.1 Å². The van der Waals surface area contributed by atoms with Crippen LogP contribution in [0.5, 0.6) is 0 Å². The molecular formula is C21H29FN4OS. The number of ether oxygens (including phenoxy) is 1. The lowest BCUT2D eigenvalue weighted by atomic mass is 10.1. The van der Waals surface area contributed by atoms with Gasteiger partial charge in [-0.2, -0.15) is 0 Å². The number of hydrogen-bond acceptors (Lipinski definition) is 4. The number of hydrogen-bond donors (Lipinski definition) is 1. The first-order valence-electron chi connectivity index (χ1n) is 9.80. The minimum absolute atomic E-state index is 0.189. The predicted octanol–water partition coefficient (Wildman–Crippen LogP) is 3.36. The Hall–Kier alpha value is -2.12. The molecule has 0 bridgehead atoms. The van der Waals surface area contributed by atoms with Gasteiger partial charge in [-0.3, -0.25) is 0 Å². The fourth-order valence-corrected chi connectivity index (χ4v) is 3.88. The highest BCUT2D eigenvalue weighted by Crippen LogP contribution is 2.22. The molecule has 0 radical (unpaired) electrons. The average molecular weight is 405 g/mol. The highest BCUT2D eigenvalue weighted by atomic mass is 32.1. The van der Waals surface area contributed by atoms with Crippen molar-refractivity contribution < 1.29 is 9.13 Å². The van der Waals surface area contributed by atoms with E-state index >= 15 is 0 Å². The maximum absolute atomic E-state index is 14.6. The van der Waals surface area contributed by atoms with Crippen molar-refractivity contribution >= 4 is 23.0 Å². The van der Waals surface area contributed by atoms with Crippen molar-refractivity contribution in [3.63, 3.8) is 0 Å². The fourth-order valence-electron chi connectivity index (χ4n) is 3.18. The number of nitrogens with one attached hydrogen (secondary N) is 1. The third-order valence-electron chi connectivity index (χ3n) is 4.75. The molecule has 1 aromatic carbocycles. The zero-order chi connectivity index (χ0) is 19.8. The lowest BCUT2D eigenvalue weighted by Crippen LogP contribution is -2.39. The first-order chi connectivity index (χ1) is 13.7. The minimum atomic E-state index is -0.189. The van der Waals surface area contributed by atoms with E-state index in [0.717, 1.165) is 44.1 Å². The topological polar surface area (TPSA) is 40.1 Å². The molecule has 1 N–H and O–H groups in total. The van der Waals surface area contributed by atoms with Crippen LogP contribution >= 0.6 is 11.3 Å². The van der Waals surface area contributed by atoms with Gasteiger partial charge in [-0.15, -0.1) is 11.3 Å². The number of guanidine groups is 1. The van der Waals surface area contributed by atoms with E-state index in [-0.39, 0.29) is 5.82 Å². The number of anilines is 1. The van der Waals surface area contributed by atoms with Gasteiger partial charge >= 0.3 is 0 Å². The summed E-state index contributed by atoms with van der Waals surface area (Å²) >= 11 is 1.77. The molecule has 1 fully saturated rings. The summed E-state index contributed by atoms with van der Waals surface area (Å²) in [5.41, 5.74) is 1.52. The van der Waals surface area contributed by atoms with Crippen LogP contribution in [0, 0.1) is 5.82 Å². The van der Waals surface area contributed by atoms with Gasteiger partial charge in [0.25, 0.3) is 0 Å². The molecule has 1 saturated heterocycles. The fraction of sp³-hybridized carbons (Fsp3) is 0.476. The number of likely N-dealkylation sites (N-methyl/N-ethyl adjacent to an activating group) is 1. The Morgan fingerprint density at radius 1 is 1.32 bits per heavy atom. The van der Waals surface area contributed by atoms with Crippen LogP contribution in [0.2, 0.25) is 0 Å². The molecule has 0 aliphatic carbocycles. The van der Waals surface area contributed by atoms with Crippen molar-refractivity contribution in [3.05, 3.63) is 52.0 Å². The van der Waals surface area contributed by atoms with Gasteiger partial charge in [0.05, 0.1) is 25.4 Å². The number of aliphatic imine (C=N–C) groups is 1. The third-order valence-corrected chi connectivity index (χ3v) is 5.68. The summed E-state index contributed by atoms with van der Waals surface area (Å²) < 4.78 is 19.9. The monoisotopic (exact) mass is 404 g/mol. The quantitative estimate of drug-likeness (QED) is 0.567. The number of morpholine rings is 1. The lowest BCUT2D eigenvalue weighted by Gasteiger charge is -2.29. The van der Waals surface area contributed by atoms with E-state index in [1.54, 1.807) is 17.4 Å². The Kier molecular flexibility index (Phi) is 7.68. The van der Waals surface area contributed by atoms with Gasteiger partial charge in [0, 0.05) is 38.1 Å². The van der Waals surface area contributed by atoms with Crippen LogP contribution in [0.1, 0.15) is 17.4 Å². The van der Waals surface area contributed by atoms with E-state index in [4.69, 9.17) is 9.73 Å². The normalized spacial score (nSPS) is 15.0. The van der Waals surface area contributed by atoms with Crippen molar-refractivity contribution in [2.24, 2.45) is 4.99 Å². The molecule has 5 nitrogen and oxygen atoms in total. The number of nitrogens with zero attached hydrogens (tertiary/aromatic N) is 3. The molecule has 1 aromatic heterocycles. The molecule has 3 rings (SSSR count). The minimum Gasteiger partial charge on any atom is -0.378 e. The van der Waals surface area contributed by atoms with Crippen LogP contribution in [0.25, 0.3) is 0 Å². The Bertz CT molecular complexity index is 760. The van der Waals surface area contributed by atoms with Gasteiger partial charge in [-0.25, -0.2) is 9.38 Å². The molecule has 0 unspecified atom stereocenters. The van der Waals surface area contributed by atoms with Gasteiger partial charge in [-0.1, -0.05) is 12.1 Å². The Labute approximate surface area is 170 Å². The second-order valence-corrected chi connectivity index (χ2v) is 7.84. The number of halogens is 1. The van der Waals surface area contributed by atoms with Crippen LogP contribution in [-0.2, 0) is 17.7 Å². The molecule has 0 spiro atoms. The van der Waals surface area contributed by atoms with E-state index in [0.29, 0.717) is 25.4 Å². The molecule has 152 valence electrons. The summed E-state index contributed by atoms with van der Waals surface area (Å²) in [6, 6.07) is 9.66. The first kappa shape index (κ1) is 20.6. The summed E-state index contributed by atoms with van der Waals surface area (Å²) in [5.74, 6) is 0.655. The zero-order valence-corrected chi connectivity index (χ0v) is 17.5. The van der Waals surface area contributed by atoms with Crippen molar-refractivity contribution in [2.75, 3.05) is 51.3 Å². The van der Waals surface area contributed by atoms with E-state index in [9.17, 15) is 4.39 Å². The van der Waals surface area contributed by atoms with E-state index in [1.807, 2.05) is 24.1 Å². The van der Waals surface area contributed by atoms with Gasteiger partial charge in [0.15, 0.2) is 5.96 Å². The highest BCUT2D eigenvalue weighted by molar-refractivity contribution is 7.09. The average Bonchev–Trinajstić information content (AvgIpc) is 3.24. The molecular weight excluding hydrogens is 375 g/mol. The second-order valence-electron chi connectivity index (χ2n) is 6.81. The smallest absolute Gasteiger partial charge is 0.193 e. The second kappa shape index (κ2) is 10.4. The summed E-state index contributed by atoms with van der Waals surface area (Å²) in [6.07, 6.45) is 0.988. The molecule has 28 heavy (non-hydrogen) atoms. The maximum Gasteiger partial charge on any atom is 0.193 e. The van der Waals surface area contributed by atoms with Crippen molar-refractivity contribution in [1.82, 2.24) is 10.2 Å². The van der Waals surface area contributed by atoms with Gasteiger partial charge < -0.3 is 19.9 Å². The Balaban J connectivity index is 1.62. The molecule has 2 heterocycles. The number of thiophene rings is 1. The van der Waals surface area contributed by atoms with Gasteiger partial charge in [0.1, 0.15) is 5.82 Å². The lowest BCUT2D eigenvalue weighted by molar-refractivity contribution is 0.122. The molecule has 1 aliphatic rings. The maximum atomic E-state index is 14.6. The Morgan fingerprint density at radius 2 is 2.14 bits per heavy atom. The van der Waals surface area contributed by atoms with Crippen molar-refractivity contribution in [2.45, 2.75) is 19.9 Å². The summed E-state index contributed by atoms with van der Waals surface area (Å²) in [7, 11) is 2.04. The molecule has 0 amide bonds. The first-order valence-corrected chi connectivity index (χ1v) is 10.7. The van der Waals surface area contributed by atoms with E-state index in [2.05, 4.69) is 34.7 Å². The summed E-state index contributed by atoms with van der Waals surface area (Å²) in [6.45, 7) is 6.95. The third kappa shape index (κ3) is 5.69. The van der Waals surface area contributed by atoms with Crippen LogP contribution in [-0.4, -0.2) is 57.3 Å². The molecule has 0 atom stereocenters. The zero-order valence-electron chi connectivity index (χ0n) is 16.7. The van der Waals surface area contributed by atoms with Crippen molar-refractivity contribution in [1.29, 1.82) is 0 Å². The summed E-state index contributed by atoms with van der Waals surface area (Å²) in [4.78, 5) is 10.2. The molecule has 7 heteroatoms. The SMILES string of the molecule is CCNC(=NCc1ccc(N2CCOCC2)c(F)c1)N(C)CCc1cccs1. The molecule has 1 aliphatic heterocycles. The van der Waals surface area contributed by atoms with Crippen LogP contribution < -0.4 is 10.2 Å². The Morgan fingerprint density at radius 3 is 2.82 bits per heavy atom. The number of rotatable bonds is 7. The number of benzene rings is 1. The van der Waals surface area contributed by atoms with Crippen molar-refractivity contribution in [3.8, 4) is 0 Å². The predicted molar refractivity (Wildman–Crippen MR) is 115 cm³/mol. The largest absolute Gasteiger partial charge is 0.378 e. The highest BCUT2D eigenvalue weighted by Gasteiger charge is 2.15. The van der Waals surface area contributed by atoms with Crippen LogP contribution in [0.15, 0.2) is 40.7 Å². The van der Waals surface area contributed by atoms with Gasteiger partial charge in [0.2, 0.25) is 0 Å². The standard InChI is InChI=1S/C21H29FN4OS/c1-3-23-21(25(2)9-8-18-5-4-14-28-18)24-16-17-6-7-20(19(22)15-17)26-10-12-27-13-11-26/h4-7,14-15H,3,8-13,16H2,1-2H3,(H,23,24). The molecule has 0 saturated carbocycles. The molecule has 2 aromatic rings. The van der Waals surface area contributed by atoms with Gasteiger partial charge in [-0.05, 0) is 42.5 Å². The van der Waals surface area contributed by atoms with E-state index in [1.165, 1.54) is 4.88 Å². The van der Waals surface area contributed by atoms with E-state index < -0.39 is 0 Å². The van der Waals surface area contributed by atoms with Crippen LogP contribution in [0.3, 0.4) is 0 Å².